The summed E-state index contributed by atoms with van der Waals surface area (Å²) in [6.45, 7) is 5.77. The molecule has 6 nitrogen and oxygen atoms in total. The molecule has 3 aromatic rings. The molecule has 3 N–H and O–H groups in total. The van der Waals surface area contributed by atoms with Crippen LogP contribution in [0.2, 0.25) is 0 Å². The Morgan fingerprint density at radius 2 is 1.97 bits per heavy atom. The smallest absolute Gasteiger partial charge is 0.251 e. The summed E-state index contributed by atoms with van der Waals surface area (Å²) in [6.07, 6.45) is 7.02. The Morgan fingerprint density at radius 1 is 1.10 bits per heavy atom. The van der Waals surface area contributed by atoms with Crippen molar-refractivity contribution in [3.05, 3.63) is 70.7 Å². The van der Waals surface area contributed by atoms with Crippen LogP contribution in [0, 0.1) is 0 Å². The van der Waals surface area contributed by atoms with E-state index in [2.05, 4.69) is 52.8 Å². The number of hydrogen-bond donors (Lipinski definition) is 3. The van der Waals surface area contributed by atoms with Gasteiger partial charge < -0.3 is 15.3 Å². The minimum absolute atomic E-state index is 0.0152. The second-order valence-electron chi connectivity index (χ2n) is 7.97. The van der Waals surface area contributed by atoms with Gasteiger partial charge in [-0.1, -0.05) is 18.2 Å². The third-order valence-corrected chi connectivity index (χ3v) is 6.16. The zero-order chi connectivity index (χ0) is 20.8. The molecule has 2 aromatic heterocycles. The highest BCUT2D eigenvalue weighted by Crippen LogP contribution is 2.34. The van der Waals surface area contributed by atoms with Crippen molar-refractivity contribution in [2.45, 2.75) is 20.3 Å². The molecule has 1 amide bonds. The van der Waals surface area contributed by atoms with Crippen LogP contribution in [0.1, 0.15) is 35.3 Å². The first-order chi connectivity index (χ1) is 14.5. The molecule has 0 aliphatic carbocycles. The summed E-state index contributed by atoms with van der Waals surface area (Å²) in [5.74, 6) is 0.0152. The van der Waals surface area contributed by atoms with Gasteiger partial charge in [-0.25, -0.2) is 10.4 Å². The summed E-state index contributed by atoms with van der Waals surface area (Å²) >= 11 is 0. The number of aromatic amines is 1. The first-order valence-electron chi connectivity index (χ1n) is 10.3. The molecule has 0 saturated heterocycles. The van der Waals surface area contributed by atoms with Crippen LogP contribution in [0.4, 0.5) is 0 Å². The molecule has 0 atom stereocenters. The molecule has 0 bridgehead atoms. The molecule has 2 aliphatic rings. The zero-order valence-electron chi connectivity index (χ0n) is 17.5. The van der Waals surface area contributed by atoms with Gasteiger partial charge in [-0.15, -0.1) is 0 Å². The molecule has 152 valence electrons. The third-order valence-electron chi connectivity index (χ3n) is 6.16. The number of hydrazine groups is 1. The van der Waals surface area contributed by atoms with Crippen molar-refractivity contribution in [3.8, 4) is 11.1 Å². The number of carbonyl (C=O) groups excluding carboxylic acids is 1. The fourth-order valence-electron chi connectivity index (χ4n) is 4.42. The number of H-pyrrole nitrogens is 1. The number of fused-ring (bicyclic) bond motifs is 2. The van der Waals surface area contributed by atoms with E-state index in [1.807, 2.05) is 31.6 Å². The van der Waals surface area contributed by atoms with E-state index < -0.39 is 0 Å². The summed E-state index contributed by atoms with van der Waals surface area (Å²) in [5, 5.41) is 6.06. The first kappa shape index (κ1) is 18.6. The lowest BCUT2D eigenvalue weighted by Crippen LogP contribution is -2.32. The average Bonchev–Trinajstić information content (AvgIpc) is 3.11. The van der Waals surface area contributed by atoms with Crippen LogP contribution < -0.4 is 10.7 Å². The molecule has 2 aliphatic heterocycles. The van der Waals surface area contributed by atoms with Crippen LogP contribution in [0.25, 0.3) is 27.7 Å². The summed E-state index contributed by atoms with van der Waals surface area (Å²) in [4.78, 5) is 20.1. The molecular formula is C24H25N5O. The molecule has 4 heterocycles. The Bertz CT molecular complexity index is 1230. The molecule has 0 saturated carbocycles. The second-order valence-corrected chi connectivity index (χ2v) is 7.97. The van der Waals surface area contributed by atoms with Gasteiger partial charge in [0, 0.05) is 65.9 Å². The minimum atomic E-state index is 0.0152. The van der Waals surface area contributed by atoms with Gasteiger partial charge in [-0.2, -0.15) is 0 Å². The van der Waals surface area contributed by atoms with E-state index in [0.717, 1.165) is 51.8 Å². The number of rotatable bonds is 2. The van der Waals surface area contributed by atoms with Crippen LogP contribution in [0.15, 0.2) is 54.0 Å². The third kappa shape index (κ3) is 3.00. The lowest BCUT2D eigenvalue weighted by atomic mass is 9.93. The molecule has 0 unspecified atom stereocenters. The average molecular weight is 399 g/mol. The number of pyridine rings is 1. The van der Waals surface area contributed by atoms with E-state index in [4.69, 9.17) is 4.98 Å². The second kappa shape index (κ2) is 7.15. The van der Waals surface area contributed by atoms with Gasteiger partial charge in [0.05, 0.1) is 0 Å². The molecule has 30 heavy (non-hydrogen) atoms. The van der Waals surface area contributed by atoms with Crippen molar-refractivity contribution in [3.63, 3.8) is 0 Å². The van der Waals surface area contributed by atoms with E-state index in [0.29, 0.717) is 6.54 Å². The van der Waals surface area contributed by atoms with Crippen LogP contribution in [-0.2, 0) is 6.42 Å². The minimum Gasteiger partial charge on any atom is -0.352 e. The Labute approximate surface area is 175 Å². The van der Waals surface area contributed by atoms with Gasteiger partial charge in [0.2, 0.25) is 0 Å². The van der Waals surface area contributed by atoms with Crippen molar-refractivity contribution in [1.29, 1.82) is 0 Å². The summed E-state index contributed by atoms with van der Waals surface area (Å²) < 4.78 is 0. The molecule has 5 rings (SSSR count). The molecule has 0 spiro atoms. The van der Waals surface area contributed by atoms with E-state index in [1.165, 1.54) is 16.8 Å². The van der Waals surface area contributed by atoms with Gasteiger partial charge in [0.25, 0.3) is 5.91 Å². The number of hydrogen-bond acceptors (Lipinski definition) is 4. The Morgan fingerprint density at radius 3 is 2.83 bits per heavy atom. The van der Waals surface area contributed by atoms with Gasteiger partial charge in [0.15, 0.2) is 0 Å². The van der Waals surface area contributed by atoms with Crippen molar-refractivity contribution >= 4 is 22.5 Å². The number of amides is 1. The van der Waals surface area contributed by atoms with Crippen molar-refractivity contribution in [1.82, 2.24) is 25.7 Å². The quantitative estimate of drug-likeness (QED) is 0.615. The Kier molecular flexibility index (Phi) is 4.44. The van der Waals surface area contributed by atoms with Crippen molar-refractivity contribution in [2.24, 2.45) is 0 Å². The Hall–Kier alpha value is -3.38. The number of aromatic nitrogens is 2. The topological polar surface area (TPSA) is 73.1 Å². The largest absolute Gasteiger partial charge is 0.352 e. The lowest BCUT2D eigenvalue weighted by molar-refractivity contribution is 0.0946. The number of carbonyl (C=O) groups is 1. The maximum absolute atomic E-state index is 12.1. The van der Waals surface area contributed by atoms with E-state index in [1.54, 1.807) is 0 Å². The SMILES string of the molecule is CC1=CCNN(C)C(C)=C1c1cnc2[nH]cc(-c3ccc4c(c3)CCNC4=O)c2c1. The van der Waals surface area contributed by atoms with E-state index in [9.17, 15) is 4.79 Å². The highest BCUT2D eigenvalue weighted by Gasteiger charge is 2.19. The van der Waals surface area contributed by atoms with Gasteiger partial charge >= 0.3 is 0 Å². The predicted molar refractivity (Wildman–Crippen MR) is 120 cm³/mol. The van der Waals surface area contributed by atoms with Crippen LogP contribution in [0.3, 0.4) is 0 Å². The molecule has 0 radical (unpaired) electrons. The number of benzene rings is 1. The highest BCUT2D eigenvalue weighted by atomic mass is 16.1. The molecule has 0 fully saturated rings. The van der Waals surface area contributed by atoms with E-state index >= 15 is 0 Å². The normalized spacial score (nSPS) is 17.0. The van der Waals surface area contributed by atoms with E-state index in [-0.39, 0.29) is 5.91 Å². The maximum Gasteiger partial charge on any atom is 0.251 e. The van der Waals surface area contributed by atoms with Gasteiger partial charge in [0.1, 0.15) is 5.65 Å². The van der Waals surface area contributed by atoms with Gasteiger partial charge in [-0.05, 0) is 49.1 Å². The van der Waals surface area contributed by atoms with Gasteiger partial charge in [-0.3, -0.25) is 4.79 Å². The predicted octanol–water partition coefficient (Wildman–Crippen LogP) is 3.64. The van der Waals surface area contributed by atoms with Crippen molar-refractivity contribution in [2.75, 3.05) is 20.1 Å². The summed E-state index contributed by atoms with van der Waals surface area (Å²) in [6, 6.07) is 8.32. The zero-order valence-corrected chi connectivity index (χ0v) is 17.5. The molecule has 6 heteroatoms. The van der Waals surface area contributed by atoms with Crippen LogP contribution in [0.5, 0.6) is 0 Å². The maximum atomic E-state index is 12.1. The van der Waals surface area contributed by atoms with Crippen LogP contribution in [-0.4, -0.2) is 41.0 Å². The first-order valence-corrected chi connectivity index (χ1v) is 10.3. The van der Waals surface area contributed by atoms with Crippen LogP contribution >= 0.6 is 0 Å². The molecular weight excluding hydrogens is 374 g/mol. The standard InChI is InChI=1S/C24H25N5O/c1-14-6-9-28-29(3)15(2)22(14)18-11-20-21(13-27-23(20)26-12-18)16-4-5-19-17(10-16)7-8-25-24(19)30/h4-6,10-13,28H,7-9H2,1-3H3,(H,25,30)(H,26,27). The Balaban J connectivity index is 1.64. The highest BCUT2D eigenvalue weighted by molar-refractivity contribution is 5.99. The summed E-state index contributed by atoms with van der Waals surface area (Å²) in [5.41, 5.74) is 13.0. The monoisotopic (exact) mass is 399 g/mol. The summed E-state index contributed by atoms with van der Waals surface area (Å²) in [7, 11) is 2.04. The number of allylic oxidation sites excluding steroid dienone is 3. The number of nitrogens with zero attached hydrogens (tertiary/aromatic N) is 2. The van der Waals surface area contributed by atoms with Crippen molar-refractivity contribution < 1.29 is 4.79 Å². The molecule has 1 aromatic carbocycles. The number of nitrogens with one attached hydrogen (secondary N) is 3. The fraction of sp³-hybridized carbons (Fsp3) is 0.250. The lowest BCUT2D eigenvalue weighted by Gasteiger charge is -2.21. The fourth-order valence-corrected chi connectivity index (χ4v) is 4.42.